The number of Topliss-reactive ketones (excluding diaryl/α,β-unsaturated/α-hetero) is 1. The smallest absolute Gasteiger partial charge is 0.176 e. The van der Waals surface area contributed by atoms with Crippen LogP contribution in [0.5, 0.6) is 0 Å². The van der Waals surface area contributed by atoms with E-state index in [1.54, 1.807) is 0 Å². The first kappa shape index (κ1) is 10.6. The van der Waals surface area contributed by atoms with E-state index in [1.807, 2.05) is 0 Å². The van der Waals surface area contributed by atoms with Gasteiger partial charge in [0.2, 0.25) is 0 Å². The molecule has 1 fully saturated rings. The lowest BCUT2D eigenvalue weighted by atomic mass is 10.1. The molecule has 0 bridgehead atoms. The molecule has 1 aromatic carbocycles. The fourth-order valence-corrected chi connectivity index (χ4v) is 1.68. The van der Waals surface area contributed by atoms with Crippen LogP contribution in [-0.4, -0.2) is 30.3 Å². The Labute approximate surface area is 92.6 Å². The van der Waals surface area contributed by atoms with Gasteiger partial charge in [0.25, 0.3) is 0 Å². The van der Waals surface area contributed by atoms with Crippen LogP contribution >= 0.6 is 11.6 Å². The molecule has 0 amide bonds. The van der Waals surface area contributed by atoms with Crippen LogP contribution in [0.1, 0.15) is 16.8 Å². The quantitative estimate of drug-likeness (QED) is 0.739. The first-order valence-corrected chi connectivity index (χ1v) is 5.25. The van der Waals surface area contributed by atoms with Crippen LogP contribution in [-0.2, 0) is 0 Å². The molecule has 0 spiro atoms. The van der Waals surface area contributed by atoms with Crippen molar-refractivity contribution in [2.75, 3.05) is 19.6 Å². The predicted molar refractivity (Wildman–Crippen MR) is 56.8 cm³/mol. The molecule has 1 aromatic rings. The molecule has 0 radical (unpaired) electrons. The van der Waals surface area contributed by atoms with Crippen molar-refractivity contribution >= 4 is 17.4 Å². The average molecular weight is 228 g/mol. The molecule has 1 aliphatic heterocycles. The maximum atomic E-state index is 12.8. The summed E-state index contributed by atoms with van der Waals surface area (Å²) in [7, 11) is 0. The Morgan fingerprint density at radius 3 is 2.73 bits per heavy atom. The molecule has 0 aliphatic carbocycles. The van der Waals surface area contributed by atoms with Crippen molar-refractivity contribution in [1.29, 1.82) is 0 Å². The van der Waals surface area contributed by atoms with Crippen molar-refractivity contribution in [3.63, 3.8) is 0 Å². The highest BCUT2D eigenvalue weighted by Gasteiger charge is 2.18. The van der Waals surface area contributed by atoms with Crippen molar-refractivity contribution in [1.82, 2.24) is 4.90 Å². The zero-order valence-corrected chi connectivity index (χ0v) is 8.93. The second-order valence-corrected chi connectivity index (χ2v) is 4.09. The van der Waals surface area contributed by atoms with Crippen LogP contribution < -0.4 is 0 Å². The highest BCUT2D eigenvalue weighted by Crippen LogP contribution is 2.17. The third-order valence-corrected chi connectivity index (χ3v) is 2.85. The number of carbonyl (C=O) groups excluding carboxylic acids is 1. The third kappa shape index (κ3) is 2.36. The first-order valence-electron chi connectivity index (χ1n) is 4.87. The lowest BCUT2D eigenvalue weighted by molar-refractivity contribution is 0.0875. The number of rotatable bonds is 3. The van der Waals surface area contributed by atoms with Crippen LogP contribution in [0.25, 0.3) is 0 Å². The zero-order valence-electron chi connectivity index (χ0n) is 8.17. The van der Waals surface area contributed by atoms with E-state index in [-0.39, 0.29) is 10.8 Å². The van der Waals surface area contributed by atoms with Gasteiger partial charge in [-0.15, -0.1) is 0 Å². The second-order valence-electron chi connectivity index (χ2n) is 3.68. The fourth-order valence-electron chi connectivity index (χ4n) is 1.50. The summed E-state index contributed by atoms with van der Waals surface area (Å²) in [5, 5.41) is 0.00413. The van der Waals surface area contributed by atoms with Gasteiger partial charge in [-0.1, -0.05) is 11.6 Å². The Morgan fingerprint density at radius 2 is 2.20 bits per heavy atom. The van der Waals surface area contributed by atoms with E-state index < -0.39 is 5.82 Å². The van der Waals surface area contributed by atoms with Crippen LogP contribution in [0, 0.1) is 5.82 Å². The molecule has 2 rings (SSSR count). The van der Waals surface area contributed by atoms with Crippen molar-refractivity contribution < 1.29 is 9.18 Å². The Kier molecular flexibility index (Phi) is 3.03. The molecule has 2 nitrogen and oxygen atoms in total. The topological polar surface area (TPSA) is 20.3 Å². The number of ketones is 1. The third-order valence-electron chi connectivity index (χ3n) is 2.56. The van der Waals surface area contributed by atoms with E-state index in [0.29, 0.717) is 12.1 Å². The highest BCUT2D eigenvalue weighted by atomic mass is 35.5. The molecule has 0 N–H and O–H groups in total. The van der Waals surface area contributed by atoms with E-state index in [9.17, 15) is 9.18 Å². The number of hydrogen-bond donors (Lipinski definition) is 0. The summed E-state index contributed by atoms with van der Waals surface area (Å²) in [6.07, 6.45) is 1.15. The number of benzene rings is 1. The van der Waals surface area contributed by atoms with Crippen molar-refractivity contribution in [2.24, 2.45) is 0 Å². The number of hydrogen-bond acceptors (Lipinski definition) is 2. The number of halogens is 2. The second kappa shape index (κ2) is 4.29. The molecule has 1 aliphatic rings. The Morgan fingerprint density at radius 1 is 1.47 bits per heavy atom. The van der Waals surface area contributed by atoms with Crippen LogP contribution in [0.2, 0.25) is 5.02 Å². The predicted octanol–water partition coefficient (Wildman–Crippen LogP) is 2.37. The van der Waals surface area contributed by atoms with Gasteiger partial charge in [0, 0.05) is 5.56 Å². The van der Waals surface area contributed by atoms with E-state index in [4.69, 9.17) is 11.6 Å². The van der Waals surface area contributed by atoms with Crippen molar-refractivity contribution in [3.05, 3.63) is 34.6 Å². The summed E-state index contributed by atoms with van der Waals surface area (Å²) in [6, 6.07) is 4.09. The van der Waals surface area contributed by atoms with Gasteiger partial charge in [-0.25, -0.2) is 4.39 Å². The SMILES string of the molecule is O=C(CN1CCC1)c1ccc(F)c(Cl)c1. The normalized spacial score (nSPS) is 16.1. The molecule has 15 heavy (non-hydrogen) atoms. The number of nitrogens with zero attached hydrogens (tertiary/aromatic N) is 1. The van der Waals surface area contributed by atoms with E-state index in [0.717, 1.165) is 19.5 Å². The summed E-state index contributed by atoms with van der Waals surface area (Å²) < 4.78 is 12.8. The average Bonchev–Trinajstić information content (AvgIpc) is 2.15. The maximum absolute atomic E-state index is 12.8. The molecular weight excluding hydrogens is 217 g/mol. The first-order chi connectivity index (χ1) is 7.16. The van der Waals surface area contributed by atoms with Crippen molar-refractivity contribution in [2.45, 2.75) is 6.42 Å². The van der Waals surface area contributed by atoms with Gasteiger partial charge in [-0.3, -0.25) is 9.69 Å². The largest absolute Gasteiger partial charge is 0.296 e. The molecular formula is C11H11ClFNO. The minimum Gasteiger partial charge on any atom is -0.296 e. The summed E-state index contributed by atoms with van der Waals surface area (Å²) in [5.74, 6) is -0.492. The Balaban J connectivity index is 2.07. The molecule has 4 heteroatoms. The standard InChI is InChI=1S/C11H11ClFNO/c12-9-6-8(2-3-10(9)13)11(15)7-14-4-1-5-14/h2-3,6H,1,4-5,7H2. The molecule has 80 valence electrons. The summed E-state index contributed by atoms with van der Waals surface area (Å²) >= 11 is 5.60. The van der Waals surface area contributed by atoms with E-state index in [1.165, 1.54) is 18.2 Å². The molecule has 0 atom stereocenters. The van der Waals surface area contributed by atoms with Gasteiger partial charge in [-0.05, 0) is 37.7 Å². The van der Waals surface area contributed by atoms with E-state index in [2.05, 4.69) is 4.90 Å². The zero-order chi connectivity index (χ0) is 10.8. The monoisotopic (exact) mass is 227 g/mol. The van der Waals surface area contributed by atoms with Crippen LogP contribution in [0.15, 0.2) is 18.2 Å². The molecule has 0 saturated carbocycles. The van der Waals surface area contributed by atoms with Gasteiger partial charge >= 0.3 is 0 Å². The van der Waals surface area contributed by atoms with Gasteiger partial charge in [0.1, 0.15) is 5.82 Å². The van der Waals surface area contributed by atoms with Crippen molar-refractivity contribution in [3.8, 4) is 0 Å². The van der Waals surface area contributed by atoms with Gasteiger partial charge < -0.3 is 0 Å². The lowest BCUT2D eigenvalue weighted by Gasteiger charge is -2.29. The molecule has 0 unspecified atom stereocenters. The molecule has 1 heterocycles. The molecule has 1 saturated heterocycles. The Bertz CT molecular complexity index is 390. The van der Waals surface area contributed by atoms with Gasteiger partial charge in [0.15, 0.2) is 5.78 Å². The minimum absolute atomic E-state index is 0.00315. The minimum atomic E-state index is -0.489. The fraction of sp³-hybridized carbons (Fsp3) is 0.364. The summed E-state index contributed by atoms with van der Waals surface area (Å²) in [4.78, 5) is 13.7. The number of likely N-dealkylation sites (tertiary alicyclic amines) is 1. The summed E-state index contributed by atoms with van der Waals surface area (Å²) in [5.41, 5.74) is 0.480. The van der Waals surface area contributed by atoms with Crippen LogP contribution in [0.4, 0.5) is 4.39 Å². The van der Waals surface area contributed by atoms with E-state index >= 15 is 0 Å². The lowest BCUT2D eigenvalue weighted by Crippen LogP contribution is -2.40. The highest BCUT2D eigenvalue weighted by molar-refractivity contribution is 6.31. The maximum Gasteiger partial charge on any atom is 0.176 e. The number of carbonyl (C=O) groups is 1. The van der Waals surface area contributed by atoms with Gasteiger partial charge in [-0.2, -0.15) is 0 Å². The Hall–Kier alpha value is -0.930. The van der Waals surface area contributed by atoms with Gasteiger partial charge in [0.05, 0.1) is 11.6 Å². The summed E-state index contributed by atoms with van der Waals surface area (Å²) in [6.45, 7) is 2.35. The molecule has 0 aromatic heterocycles. The van der Waals surface area contributed by atoms with Crippen LogP contribution in [0.3, 0.4) is 0 Å².